The number of carbonyl (C=O) groups excluding carboxylic acids is 2. The van der Waals surface area contributed by atoms with E-state index in [0.717, 1.165) is 5.56 Å². The van der Waals surface area contributed by atoms with Crippen LogP contribution in [0.2, 0.25) is 18.6 Å². The van der Waals surface area contributed by atoms with Gasteiger partial charge in [0.2, 0.25) is 0 Å². The summed E-state index contributed by atoms with van der Waals surface area (Å²) in [5, 5.41) is 62.0. The van der Waals surface area contributed by atoms with Crippen molar-refractivity contribution in [3.8, 4) is 0 Å². The van der Waals surface area contributed by atoms with Crippen molar-refractivity contribution in [1.82, 2.24) is 15.0 Å². The summed E-state index contributed by atoms with van der Waals surface area (Å²) in [5.41, 5.74) is 1.32. The molecule has 3 aromatic carbocycles. The van der Waals surface area contributed by atoms with E-state index in [1.807, 2.05) is 68.5 Å². The molecule has 2 amide bonds. The van der Waals surface area contributed by atoms with E-state index in [1.165, 1.54) is 0 Å². The molecule has 4 aromatic rings. The average Bonchev–Trinajstić information content (AvgIpc) is 3.81. The van der Waals surface area contributed by atoms with E-state index in [9.17, 15) is 39.9 Å². The van der Waals surface area contributed by atoms with Crippen molar-refractivity contribution in [2.45, 2.75) is 86.9 Å². The first kappa shape index (κ1) is 37.9. The number of benzene rings is 3. The van der Waals surface area contributed by atoms with Gasteiger partial charge in [0.15, 0.2) is 26.3 Å². The quantitative estimate of drug-likeness (QED) is 0.115. The van der Waals surface area contributed by atoms with Gasteiger partial charge in [-0.25, -0.2) is 0 Å². The molecule has 2 saturated heterocycles. The Bertz CT molecular complexity index is 1980. The highest BCUT2D eigenvalue weighted by atomic mass is 28.4. The number of anilines is 3. The van der Waals surface area contributed by atoms with Crippen LogP contribution in [0.15, 0.2) is 85.1 Å². The molecule has 15 nitrogen and oxygen atoms in total. The number of para-hydroxylation sites is 1. The molecule has 0 bridgehead atoms. The number of carbonyl (C=O) groups is 2. The zero-order valence-corrected chi connectivity index (χ0v) is 31.0. The maximum absolute atomic E-state index is 14.9. The predicted octanol–water partition coefficient (Wildman–Crippen LogP) is 1.71. The van der Waals surface area contributed by atoms with Gasteiger partial charge in [0, 0.05) is 41.1 Å². The van der Waals surface area contributed by atoms with Gasteiger partial charge in [-0.2, -0.15) is 0 Å². The molecule has 16 heteroatoms. The number of nitrogens with zero attached hydrogens (tertiary/aromatic N) is 4. The van der Waals surface area contributed by atoms with Crippen molar-refractivity contribution in [1.29, 1.82) is 0 Å². The second-order valence-electron chi connectivity index (χ2n) is 14.8. The van der Waals surface area contributed by atoms with Crippen LogP contribution in [0, 0.1) is 5.92 Å². The number of aromatic nitrogens is 3. The topological polar surface area (TPSA) is 220 Å². The Morgan fingerprint density at radius 1 is 0.981 bits per heavy atom. The molecule has 7 N–H and O–H groups in total. The number of hydrogen-bond donors (Lipinski definition) is 7. The third-order valence-corrected chi connectivity index (χ3v) is 13.5. The highest BCUT2D eigenvalue weighted by Gasteiger charge is 2.66. The molecule has 286 valence electrons. The number of ether oxygens (including phenoxy) is 2. The van der Waals surface area contributed by atoms with E-state index in [0.29, 0.717) is 35.6 Å². The van der Waals surface area contributed by atoms with E-state index in [-0.39, 0.29) is 24.1 Å². The van der Waals surface area contributed by atoms with Crippen LogP contribution >= 0.6 is 0 Å². The molecule has 0 aliphatic carbocycles. The van der Waals surface area contributed by atoms with Gasteiger partial charge in [0.25, 0.3) is 11.8 Å². The van der Waals surface area contributed by atoms with Gasteiger partial charge in [-0.05, 0) is 55.4 Å². The molecule has 54 heavy (non-hydrogen) atoms. The lowest BCUT2D eigenvalue weighted by Crippen LogP contribution is -2.60. The van der Waals surface area contributed by atoms with Gasteiger partial charge in [0.1, 0.15) is 18.3 Å². The molecule has 4 heterocycles. The molecule has 1 unspecified atom stereocenters. The van der Waals surface area contributed by atoms with Gasteiger partial charge < -0.3 is 45.1 Å². The normalized spacial score (nSPS) is 30.1. The van der Waals surface area contributed by atoms with E-state index in [4.69, 9.17) is 9.47 Å². The molecule has 0 saturated carbocycles. The maximum Gasteiger partial charge on any atom is 0.268 e. The molecule has 1 spiro atoms. The summed E-state index contributed by atoms with van der Waals surface area (Å²) in [4.78, 5) is 41.6. The summed E-state index contributed by atoms with van der Waals surface area (Å²) in [6, 6.07) is 23.5. The van der Waals surface area contributed by atoms with Crippen molar-refractivity contribution in [2.75, 3.05) is 16.8 Å². The number of amides is 2. The summed E-state index contributed by atoms with van der Waals surface area (Å²) >= 11 is 0. The van der Waals surface area contributed by atoms with E-state index < -0.39 is 68.1 Å². The number of aryl methyl sites for hydroxylation is 1. The van der Waals surface area contributed by atoms with Gasteiger partial charge >= 0.3 is 0 Å². The van der Waals surface area contributed by atoms with Crippen LogP contribution < -0.4 is 10.2 Å². The Labute approximate surface area is 312 Å². The second kappa shape index (κ2) is 14.7. The van der Waals surface area contributed by atoms with Crippen LogP contribution in [0.4, 0.5) is 17.1 Å². The summed E-state index contributed by atoms with van der Waals surface area (Å²) in [6.07, 6.45) is -7.51. The van der Waals surface area contributed by atoms with Crippen LogP contribution in [-0.2, 0) is 31.2 Å². The molecule has 2 fully saturated rings. The number of aliphatic hydroxyl groups excluding tert-OH is 5. The third-order valence-electron chi connectivity index (χ3n) is 11.0. The fourth-order valence-corrected chi connectivity index (χ4v) is 11.0. The maximum atomic E-state index is 14.9. The summed E-state index contributed by atoms with van der Waals surface area (Å²) in [7, 11) is -3.04. The Kier molecular flexibility index (Phi) is 10.3. The highest BCUT2D eigenvalue weighted by molar-refractivity contribution is 6.71. The van der Waals surface area contributed by atoms with Crippen molar-refractivity contribution in [3.63, 3.8) is 0 Å². The molecule has 3 aliphatic rings. The van der Waals surface area contributed by atoms with Crippen molar-refractivity contribution >= 4 is 37.2 Å². The number of rotatable bonds is 10. The standard InChI is InChI=1S/C38H45N5O10Si/c1-21-34(54(2,3)51)29(16-17-42-19-27(40-41-42)25(20-44)22-10-6-4-7-11-22)53-38(21)26-18-23(39-35(48)33-31(46)30(45)32(47)36(49)52-33)14-15-28(26)43(37(38)50)24-12-8-5-9-13-24/h4-15,18-19,21,25,29-34,36,44-47,49,51H,16-17,20H2,1-3H3,(H,39,48)/t21-,25?,29+,30+,31+,32-,33+,34-,36-,38+/m1/s1. The third kappa shape index (κ3) is 6.56. The minimum Gasteiger partial charge on any atom is -0.432 e. The number of nitrogens with one attached hydrogen (secondary N) is 1. The first-order valence-electron chi connectivity index (χ1n) is 17.9. The highest BCUT2D eigenvalue weighted by Crippen LogP contribution is 2.61. The van der Waals surface area contributed by atoms with Crippen molar-refractivity contribution in [3.05, 3.63) is 102 Å². The first-order chi connectivity index (χ1) is 25.8. The van der Waals surface area contributed by atoms with Gasteiger partial charge in [0.05, 0.1) is 30.0 Å². The summed E-state index contributed by atoms with van der Waals surface area (Å²) in [6.45, 7) is 5.75. The van der Waals surface area contributed by atoms with E-state index >= 15 is 0 Å². The Hall–Kier alpha value is -4.36. The average molecular weight is 760 g/mol. The lowest BCUT2D eigenvalue weighted by molar-refractivity contribution is -0.274. The zero-order valence-electron chi connectivity index (χ0n) is 30.0. The molecule has 10 atom stereocenters. The molecule has 1 aromatic heterocycles. The Balaban J connectivity index is 1.21. The molecule has 3 aliphatic heterocycles. The summed E-state index contributed by atoms with van der Waals surface area (Å²) in [5.74, 6) is -2.14. The first-order valence-corrected chi connectivity index (χ1v) is 21.0. The van der Waals surface area contributed by atoms with Crippen LogP contribution in [0.5, 0.6) is 0 Å². The Morgan fingerprint density at radius 3 is 2.33 bits per heavy atom. The van der Waals surface area contributed by atoms with Gasteiger partial charge in [-0.1, -0.05) is 60.7 Å². The summed E-state index contributed by atoms with van der Waals surface area (Å²) < 4.78 is 13.8. The van der Waals surface area contributed by atoms with Crippen LogP contribution in [0.3, 0.4) is 0 Å². The largest absolute Gasteiger partial charge is 0.432 e. The van der Waals surface area contributed by atoms with Crippen LogP contribution in [0.1, 0.15) is 36.1 Å². The SMILES string of the molecule is C[C@@H]1[C@@H]([Si](C)(C)O)[C@H](CCn2cc(C(CO)c3ccccc3)nn2)O[C@@]12C(=O)N(c1ccccc1)c1ccc(NC(=O)[C@H]3O[C@@H](O)[C@H](O)[C@@H](O)[C@@H]3O)cc12. The smallest absolute Gasteiger partial charge is 0.268 e. The number of fused-ring (bicyclic) bond motifs is 2. The van der Waals surface area contributed by atoms with Gasteiger partial charge in [-0.15, -0.1) is 5.10 Å². The predicted molar refractivity (Wildman–Crippen MR) is 197 cm³/mol. The minimum absolute atomic E-state index is 0.149. The Morgan fingerprint density at radius 2 is 1.67 bits per heavy atom. The second-order valence-corrected chi connectivity index (χ2v) is 18.8. The van der Waals surface area contributed by atoms with Crippen LogP contribution in [-0.4, -0.2) is 109 Å². The minimum atomic E-state index is -3.04. The zero-order chi connectivity index (χ0) is 38.5. The van der Waals surface area contributed by atoms with Crippen molar-refractivity contribution < 1.29 is 49.4 Å². The molecular formula is C38H45N5O10Si. The molecular weight excluding hydrogens is 715 g/mol. The number of hydrogen-bond acceptors (Lipinski definition) is 12. The molecule has 0 radical (unpaired) electrons. The lowest BCUT2D eigenvalue weighted by Gasteiger charge is -2.37. The van der Waals surface area contributed by atoms with E-state index in [2.05, 4.69) is 15.6 Å². The monoisotopic (exact) mass is 759 g/mol. The fraction of sp³-hybridized carbons (Fsp3) is 0.421. The lowest BCUT2D eigenvalue weighted by atomic mass is 9.82. The number of aliphatic hydroxyl groups is 5. The van der Waals surface area contributed by atoms with E-state index in [1.54, 1.807) is 46.1 Å². The fourth-order valence-electron chi connectivity index (χ4n) is 8.37. The molecule has 7 rings (SSSR count). The van der Waals surface area contributed by atoms with Gasteiger partial charge in [-0.3, -0.25) is 19.2 Å². The van der Waals surface area contributed by atoms with Crippen molar-refractivity contribution in [2.24, 2.45) is 5.92 Å². The van der Waals surface area contributed by atoms with Crippen LogP contribution in [0.25, 0.3) is 0 Å².